The predicted octanol–water partition coefficient (Wildman–Crippen LogP) is 4.27. The number of fused-ring (bicyclic) bond motifs is 1. The van der Waals surface area contributed by atoms with Gasteiger partial charge in [0.05, 0.1) is 31.7 Å². The van der Waals surface area contributed by atoms with E-state index in [1.807, 2.05) is 37.3 Å². The minimum Gasteiger partial charge on any atom is -0.497 e. The second-order valence-electron chi connectivity index (χ2n) is 6.73. The Hall–Kier alpha value is -3.74. The van der Waals surface area contributed by atoms with Gasteiger partial charge in [-0.2, -0.15) is 0 Å². The zero-order valence-corrected chi connectivity index (χ0v) is 16.4. The van der Waals surface area contributed by atoms with Crippen LogP contribution < -0.4 is 24.8 Å². The molecule has 3 aromatic rings. The summed E-state index contributed by atoms with van der Waals surface area (Å²) in [6.07, 6.45) is 3.41. The number of carbonyl (C=O) groups excluding carboxylic acids is 1. The van der Waals surface area contributed by atoms with Gasteiger partial charge in [-0.3, -0.25) is 9.78 Å². The Labute approximate surface area is 170 Å². The van der Waals surface area contributed by atoms with Gasteiger partial charge in [0, 0.05) is 31.0 Å². The van der Waals surface area contributed by atoms with Gasteiger partial charge in [-0.15, -0.1) is 0 Å². The fourth-order valence-electron chi connectivity index (χ4n) is 3.28. The summed E-state index contributed by atoms with van der Waals surface area (Å²) < 4.78 is 16.6. The number of benzene rings is 2. The van der Waals surface area contributed by atoms with Crippen LogP contribution in [0.3, 0.4) is 0 Å². The molecule has 150 valence electrons. The third-order valence-corrected chi connectivity index (χ3v) is 4.79. The molecule has 0 fully saturated rings. The molecule has 1 aromatic heterocycles. The quantitative estimate of drug-likeness (QED) is 0.674. The summed E-state index contributed by atoms with van der Waals surface area (Å²) in [5.41, 5.74) is 1.99. The fraction of sp³-hybridized carbons (Fsp3) is 0.182. The monoisotopic (exact) mass is 393 g/mol. The number of anilines is 2. The normalized spacial score (nSPS) is 16.9. The van der Waals surface area contributed by atoms with E-state index in [9.17, 15) is 4.79 Å². The molecule has 2 N–H and O–H groups in total. The van der Waals surface area contributed by atoms with Crippen molar-refractivity contribution in [1.82, 2.24) is 4.98 Å². The summed E-state index contributed by atoms with van der Waals surface area (Å²) >= 11 is 0. The van der Waals surface area contributed by atoms with E-state index in [4.69, 9.17) is 14.2 Å². The van der Waals surface area contributed by atoms with Crippen molar-refractivity contribution >= 4 is 17.3 Å². The van der Waals surface area contributed by atoms with Gasteiger partial charge in [0.15, 0.2) is 0 Å². The average molecular weight is 393 g/mol. The van der Waals surface area contributed by atoms with Gasteiger partial charge >= 0.3 is 0 Å². The summed E-state index contributed by atoms with van der Waals surface area (Å²) in [6.45, 7) is 1.93. The molecule has 0 spiro atoms. The highest BCUT2D eigenvalue weighted by Crippen LogP contribution is 2.41. The summed E-state index contributed by atoms with van der Waals surface area (Å²) in [4.78, 5) is 16.9. The Morgan fingerprint density at radius 3 is 2.79 bits per heavy atom. The molecule has 1 unspecified atom stereocenters. The lowest BCUT2D eigenvalue weighted by Crippen LogP contribution is -2.33. The standard InChI is InChI=1S/C22H21N3O4.H2/c1-22(25-18-13-23-10-9-19(18)29-22)14-5-4-6-15(11-14)24-21(26)17-8-7-16(27-2)12-20(17)28-3;/h4-13,25H,1-3H3,(H,24,26);1H. The Kier molecular flexibility index (Phi) is 4.72. The van der Waals surface area contributed by atoms with Crippen LogP contribution in [0.15, 0.2) is 60.9 Å². The third-order valence-electron chi connectivity index (χ3n) is 4.79. The second-order valence-corrected chi connectivity index (χ2v) is 6.73. The van der Waals surface area contributed by atoms with Crippen LogP contribution in [0.1, 0.15) is 24.3 Å². The molecule has 7 heteroatoms. The summed E-state index contributed by atoms with van der Waals surface area (Å²) in [6, 6.07) is 14.4. The van der Waals surface area contributed by atoms with E-state index in [0.717, 1.165) is 17.0 Å². The summed E-state index contributed by atoms with van der Waals surface area (Å²) in [5, 5.41) is 6.26. The topological polar surface area (TPSA) is 81.7 Å². The van der Waals surface area contributed by atoms with Crippen LogP contribution in [0.25, 0.3) is 0 Å². The lowest BCUT2D eigenvalue weighted by atomic mass is 10.0. The fourth-order valence-corrected chi connectivity index (χ4v) is 3.28. The van der Waals surface area contributed by atoms with Crippen molar-refractivity contribution in [2.24, 2.45) is 0 Å². The highest BCUT2D eigenvalue weighted by molar-refractivity contribution is 6.06. The minimum atomic E-state index is -0.760. The van der Waals surface area contributed by atoms with Crippen LogP contribution in [0.4, 0.5) is 11.4 Å². The van der Waals surface area contributed by atoms with E-state index in [1.54, 1.807) is 37.7 Å². The lowest BCUT2D eigenvalue weighted by Gasteiger charge is -2.25. The number of ether oxygens (including phenoxy) is 3. The van der Waals surface area contributed by atoms with E-state index >= 15 is 0 Å². The van der Waals surface area contributed by atoms with Crippen molar-refractivity contribution in [3.05, 3.63) is 72.1 Å². The number of nitrogens with zero attached hydrogens (tertiary/aromatic N) is 1. The van der Waals surface area contributed by atoms with Gasteiger partial charge in [-0.25, -0.2) is 0 Å². The molecule has 4 rings (SSSR count). The number of aromatic nitrogens is 1. The molecule has 0 radical (unpaired) electrons. The molecule has 1 amide bonds. The van der Waals surface area contributed by atoms with Crippen molar-refractivity contribution in [2.75, 3.05) is 24.9 Å². The number of methoxy groups -OCH3 is 2. The molecule has 0 aliphatic carbocycles. The molecule has 1 aliphatic heterocycles. The van der Waals surface area contributed by atoms with Crippen molar-refractivity contribution in [3.8, 4) is 17.2 Å². The zero-order chi connectivity index (χ0) is 20.4. The number of pyridine rings is 1. The van der Waals surface area contributed by atoms with E-state index in [2.05, 4.69) is 15.6 Å². The summed E-state index contributed by atoms with van der Waals surface area (Å²) in [5.74, 6) is 1.51. The van der Waals surface area contributed by atoms with Crippen molar-refractivity contribution in [1.29, 1.82) is 0 Å². The molecule has 0 bridgehead atoms. The predicted molar refractivity (Wildman–Crippen MR) is 112 cm³/mol. The second kappa shape index (κ2) is 7.35. The van der Waals surface area contributed by atoms with Crippen molar-refractivity contribution in [3.63, 3.8) is 0 Å². The first-order valence-corrected chi connectivity index (χ1v) is 9.07. The molecule has 0 saturated carbocycles. The largest absolute Gasteiger partial charge is 0.497 e. The van der Waals surface area contributed by atoms with Crippen LogP contribution in [0, 0.1) is 0 Å². The third kappa shape index (κ3) is 3.54. The Morgan fingerprint density at radius 2 is 2.03 bits per heavy atom. The molecular formula is C22H23N3O4. The number of carbonyl (C=O) groups is 1. The van der Waals surface area contributed by atoms with Crippen LogP contribution >= 0.6 is 0 Å². The Balaban J connectivity index is 0.00000256. The molecular weight excluding hydrogens is 370 g/mol. The van der Waals surface area contributed by atoms with E-state index in [-0.39, 0.29) is 7.33 Å². The lowest BCUT2D eigenvalue weighted by molar-refractivity contribution is 0.102. The molecule has 7 nitrogen and oxygen atoms in total. The smallest absolute Gasteiger partial charge is 0.259 e. The van der Waals surface area contributed by atoms with Gasteiger partial charge in [0.2, 0.25) is 5.72 Å². The van der Waals surface area contributed by atoms with Crippen molar-refractivity contribution < 1.29 is 20.4 Å². The maximum Gasteiger partial charge on any atom is 0.259 e. The van der Waals surface area contributed by atoms with Gasteiger partial charge in [-0.1, -0.05) is 12.1 Å². The number of hydrogen-bond acceptors (Lipinski definition) is 6. The molecule has 29 heavy (non-hydrogen) atoms. The number of rotatable bonds is 5. The highest BCUT2D eigenvalue weighted by Gasteiger charge is 2.36. The zero-order valence-electron chi connectivity index (χ0n) is 16.4. The van der Waals surface area contributed by atoms with E-state index < -0.39 is 5.72 Å². The molecule has 2 aromatic carbocycles. The van der Waals surface area contributed by atoms with E-state index in [1.165, 1.54) is 7.11 Å². The number of nitrogens with one attached hydrogen (secondary N) is 2. The summed E-state index contributed by atoms with van der Waals surface area (Å²) in [7, 11) is 3.08. The van der Waals surface area contributed by atoms with Crippen LogP contribution in [-0.2, 0) is 5.72 Å². The van der Waals surface area contributed by atoms with Gasteiger partial charge in [-0.05, 0) is 31.2 Å². The first-order valence-electron chi connectivity index (χ1n) is 9.07. The number of hydrogen-bond donors (Lipinski definition) is 2. The first-order chi connectivity index (χ1) is 14.0. The maximum atomic E-state index is 12.8. The molecule has 2 heterocycles. The van der Waals surface area contributed by atoms with Gasteiger partial charge in [0.1, 0.15) is 17.2 Å². The SMILES string of the molecule is COc1ccc(C(=O)Nc2cccc(C3(C)Nc4cnccc4O3)c2)c(OC)c1.[HH]. The first kappa shape index (κ1) is 18.6. The van der Waals surface area contributed by atoms with Gasteiger partial charge in [0.25, 0.3) is 5.91 Å². The van der Waals surface area contributed by atoms with Crippen molar-refractivity contribution in [2.45, 2.75) is 12.6 Å². The molecule has 1 aliphatic rings. The van der Waals surface area contributed by atoms with Crippen LogP contribution in [-0.4, -0.2) is 25.1 Å². The Morgan fingerprint density at radius 1 is 1.17 bits per heavy atom. The maximum absolute atomic E-state index is 12.8. The number of amides is 1. The van der Waals surface area contributed by atoms with E-state index in [0.29, 0.717) is 22.7 Å². The molecule has 0 saturated heterocycles. The van der Waals surface area contributed by atoms with Crippen LogP contribution in [0.2, 0.25) is 0 Å². The van der Waals surface area contributed by atoms with Crippen LogP contribution in [0.5, 0.6) is 17.2 Å². The highest BCUT2D eigenvalue weighted by atomic mass is 16.5. The average Bonchev–Trinajstić information content (AvgIpc) is 3.10. The minimum absolute atomic E-state index is 0. The Bertz CT molecular complexity index is 1050. The van der Waals surface area contributed by atoms with Gasteiger partial charge < -0.3 is 24.8 Å². The molecule has 1 atom stereocenters.